The van der Waals surface area contributed by atoms with Crippen molar-refractivity contribution < 1.29 is 0 Å². The van der Waals surface area contributed by atoms with Crippen molar-refractivity contribution >= 4 is 17.3 Å². The standard InChI is InChI=1S/C13H15ClN2/c1-10-3-2-8-13(10,9-15)16-12-6-4-11(14)5-7-12/h4-7,10,16H,2-3,8H2,1H3. The second-order valence-electron chi connectivity index (χ2n) is 4.51. The smallest absolute Gasteiger partial charge is 0.127 e. The first kappa shape index (κ1) is 11.3. The van der Waals surface area contributed by atoms with E-state index in [0.717, 1.165) is 30.0 Å². The summed E-state index contributed by atoms with van der Waals surface area (Å²) in [5, 5.41) is 13.4. The van der Waals surface area contributed by atoms with Crippen LogP contribution in [-0.2, 0) is 0 Å². The van der Waals surface area contributed by atoms with Crippen LogP contribution in [0.25, 0.3) is 0 Å². The molecular formula is C13H15ClN2. The molecule has 1 N–H and O–H groups in total. The molecule has 84 valence electrons. The number of benzene rings is 1. The molecule has 1 aromatic carbocycles. The second-order valence-corrected chi connectivity index (χ2v) is 4.94. The summed E-state index contributed by atoms with van der Waals surface area (Å²) in [6.45, 7) is 2.14. The van der Waals surface area contributed by atoms with E-state index in [4.69, 9.17) is 11.6 Å². The van der Waals surface area contributed by atoms with Gasteiger partial charge in [0, 0.05) is 10.7 Å². The molecule has 1 aromatic rings. The summed E-state index contributed by atoms with van der Waals surface area (Å²) in [5.41, 5.74) is 0.577. The zero-order valence-electron chi connectivity index (χ0n) is 9.33. The average Bonchev–Trinajstić information content (AvgIpc) is 2.64. The molecular weight excluding hydrogens is 220 g/mol. The minimum atomic E-state index is -0.395. The molecule has 1 fully saturated rings. The third kappa shape index (κ3) is 2.01. The van der Waals surface area contributed by atoms with Crippen molar-refractivity contribution in [3.63, 3.8) is 0 Å². The zero-order chi connectivity index (χ0) is 11.6. The van der Waals surface area contributed by atoms with Crippen LogP contribution in [0.4, 0.5) is 5.69 Å². The Bertz CT molecular complexity index is 407. The van der Waals surface area contributed by atoms with Crippen LogP contribution in [-0.4, -0.2) is 5.54 Å². The van der Waals surface area contributed by atoms with E-state index >= 15 is 0 Å². The van der Waals surface area contributed by atoms with Crippen LogP contribution < -0.4 is 5.32 Å². The van der Waals surface area contributed by atoms with Crippen molar-refractivity contribution in [2.24, 2.45) is 5.92 Å². The SMILES string of the molecule is CC1CCCC1(C#N)Nc1ccc(Cl)cc1. The third-order valence-electron chi connectivity index (χ3n) is 3.46. The molecule has 0 radical (unpaired) electrons. The van der Waals surface area contributed by atoms with Crippen LogP contribution >= 0.6 is 11.6 Å². The number of nitriles is 1. The third-order valence-corrected chi connectivity index (χ3v) is 3.71. The van der Waals surface area contributed by atoms with Gasteiger partial charge in [0.2, 0.25) is 0 Å². The Labute approximate surface area is 101 Å². The van der Waals surface area contributed by atoms with E-state index in [9.17, 15) is 5.26 Å². The molecule has 2 atom stereocenters. The first-order chi connectivity index (χ1) is 7.66. The van der Waals surface area contributed by atoms with Gasteiger partial charge in [0.25, 0.3) is 0 Å². The van der Waals surface area contributed by atoms with Crippen LogP contribution in [0.1, 0.15) is 26.2 Å². The minimum absolute atomic E-state index is 0.395. The summed E-state index contributed by atoms with van der Waals surface area (Å²) in [6.07, 6.45) is 3.16. The maximum atomic E-state index is 9.36. The van der Waals surface area contributed by atoms with Gasteiger partial charge in [0.15, 0.2) is 0 Å². The fourth-order valence-corrected chi connectivity index (χ4v) is 2.48. The summed E-state index contributed by atoms with van der Waals surface area (Å²) in [5.74, 6) is 0.396. The number of rotatable bonds is 2. The molecule has 1 aliphatic carbocycles. The Kier molecular flexibility index (Phi) is 3.07. The van der Waals surface area contributed by atoms with Gasteiger partial charge in [-0.05, 0) is 49.4 Å². The molecule has 0 bridgehead atoms. The molecule has 2 unspecified atom stereocenters. The zero-order valence-corrected chi connectivity index (χ0v) is 10.1. The summed E-state index contributed by atoms with van der Waals surface area (Å²) in [4.78, 5) is 0. The van der Waals surface area contributed by atoms with E-state index in [1.807, 2.05) is 24.3 Å². The molecule has 3 heteroatoms. The van der Waals surface area contributed by atoms with E-state index in [1.165, 1.54) is 0 Å². The number of halogens is 1. The first-order valence-electron chi connectivity index (χ1n) is 5.61. The predicted octanol–water partition coefficient (Wildman–Crippen LogP) is 3.83. The number of nitrogens with one attached hydrogen (secondary N) is 1. The van der Waals surface area contributed by atoms with Gasteiger partial charge in [-0.2, -0.15) is 5.26 Å². The van der Waals surface area contributed by atoms with E-state index in [2.05, 4.69) is 18.3 Å². The molecule has 0 aromatic heterocycles. The van der Waals surface area contributed by atoms with Crippen molar-refractivity contribution in [2.45, 2.75) is 31.7 Å². The predicted molar refractivity (Wildman–Crippen MR) is 66.4 cm³/mol. The van der Waals surface area contributed by atoms with Crippen LogP contribution in [0.2, 0.25) is 5.02 Å². The summed E-state index contributed by atoms with van der Waals surface area (Å²) in [6, 6.07) is 9.98. The normalized spacial score (nSPS) is 28.7. The van der Waals surface area contributed by atoms with Gasteiger partial charge in [-0.25, -0.2) is 0 Å². The maximum Gasteiger partial charge on any atom is 0.127 e. The second kappa shape index (κ2) is 4.35. The van der Waals surface area contributed by atoms with Gasteiger partial charge in [0.1, 0.15) is 5.54 Å². The molecule has 16 heavy (non-hydrogen) atoms. The highest BCUT2D eigenvalue weighted by molar-refractivity contribution is 6.30. The summed E-state index contributed by atoms with van der Waals surface area (Å²) in [7, 11) is 0. The van der Waals surface area contributed by atoms with Gasteiger partial charge in [-0.15, -0.1) is 0 Å². The van der Waals surface area contributed by atoms with Gasteiger partial charge in [0.05, 0.1) is 6.07 Å². The first-order valence-corrected chi connectivity index (χ1v) is 5.99. The van der Waals surface area contributed by atoms with Crippen LogP contribution in [0.5, 0.6) is 0 Å². The van der Waals surface area contributed by atoms with E-state index in [-0.39, 0.29) is 0 Å². The lowest BCUT2D eigenvalue weighted by Crippen LogP contribution is -2.39. The number of anilines is 1. The Balaban J connectivity index is 2.19. The van der Waals surface area contributed by atoms with Crippen LogP contribution in [0, 0.1) is 17.2 Å². The minimum Gasteiger partial charge on any atom is -0.367 e. The Morgan fingerprint density at radius 2 is 2.12 bits per heavy atom. The maximum absolute atomic E-state index is 9.36. The molecule has 0 heterocycles. The molecule has 2 nitrogen and oxygen atoms in total. The molecule has 1 aliphatic rings. The van der Waals surface area contributed by atoms with Crippen LogP contribution in [0.15, 0.2) is 24.3 Å². The molecule has 1 saturated carbocycles. The fourth-order valence-electron chi connectivity index (χ4n) is 2.35. The molecule has 0 aliphatic heterocycles. The quantitative estimate of drug-likeness (QED) is 0.844. The lowest BCUT2D eigenvalue weighted by atomic mass is 9.89. The fraction of sp³-hybridized carbons (Fsp3) is 0.462. The largest absolute Gasteiger partial charge is 0.367 e. The number of hydrogen-bond donors (Lipinski definition) is 1. The highest BCUT2D eigenvalue weighted by atomic mass is 35.5. The monoisotopic (exact) mass is 234 g/mol. The molecule has 0 amide bonds. The topological polar surface area (TPSA) is 35.8 Å². The van der Waals surface area contributed by atoms with Crippen molar-refractivity contribution in [1.82, 2.24) is 0 Å². The lowest BCUT2D eigenvalue weighted by Gasteiger charge is -2.28. The Morgan fingerprint density at radius 1 is 1.44 bits per heavy atom. The number of hydrogen-bond acceptors (Lipinski definition) is 2. The lowest BCUT2D eigenvalue weighted by molar-refractivity contribution is 0.464. The molecule has 2 rings (SSSR count). The van der Waals surface area contributed by atoms with E-state index < -0.39 is 5.54 Å². The van der Waals surface area contributed by atoms with Gasteiger partial charge >= 0.3 is 0 Å². The average molecular weight is 235 g/mol. The van der Waals surface area contributed by atoms with Gasteiger partial charge in [-0.1, -0.05) is 18.5 Å². The molecule has 0 saturated heterocycles. The van der Waals surface area contributed by atoms with E-state index in [0.29, 0.717) is 5.92 Å². The van der Waals surface area contributed by atoms with E-state index in [1.54, 1.807) is 0 Å². The van der Waals surface area contributed by atoms with Crippen molar-refractivity contribution in [1.29, 1.82) is 5.26 Å². The van der Waals surface area contributed by atoms with Gasteiger partial charge < -0.3 is 5.32 Å². The van der Waals surface area contributed by atoms with Crippen molar-refractivity contribution in [3.05, 3.63) is 29.3 Å². The number of nitrogens with zero attached hydrogens (tertiary/aromatic N) is 1. The highest BCUT2D eigenvalue weighted by Gasteiger charge is 2.40. The van der Waals surface area contributed by atoms with Crippen LogP contribution in [0.3, 0.4) is 0 Å². The van der Waals surface area contributed by atoms with Gasteiger partial charge in [-0.3, -0.25) is 0 Å². The summed E-state index contributed by atoms with van der Waals surface area (Å²) >= 11 is 5.83. The Morgan fingerprint density at radius 3 is 2.62 bits per heavy atom. The highest BCUT2D eigenvalue weighted by Crippen LogP contribution is 2.37. The Hall–Kier alpha value is -1.20. The molecule has 0 spiro atoms. The summed E-state index contributed by atoms with van der Waals surface area (Å²) < 4.78 is 0. The van der Waals surface area contributed by atoms with Crippen molar-refractivity contribution in [2.75, 3.05) is 5.32 Å². The van der Waals surface area contributed by atoms with Crippen molar-refractivity contribution in [3.8, 4) is 6.07 Å².